The molecule has 0 amide bonds. The van der Waals surface area contributed by atoms with E-state index in [1.807, 2.05) is 0 Å². The van der Waals surface area contributed by atoms with Crippen LogP contribution in [0.25, 0.3) is 0 Å². The predicted octanol–water partition coefficient (Wildman–Crippen LogP) is 3.33. The summed E-state index contributed by atoms with van der Waals surface area (Å²) in [5.41, 5.74) is 6.39. The van der Waals surface area contributed by atoms with Crippen molar-refractivity contribution in [2.45, 2.75) is 71.8 Å². The van der Waals surface area contributed by atoms with E-state index in [1.54, 1.807) is 0 Å². The summed E-state index contributed by atoms with van der Waals surface area (Å²) in [6.45, 7) is 9.15. The molecule has 1 aliphatic rings. The maximum atomic E-state index is 9.36. The van der Waals surface area contributed by atoms with Crippen LogP contribution in [0.15, 0.2) is 0 Å². The summed E-state index contributed by atoms with van der Waals surface area (Å²) in [6.07, 6.45) is 7.19. The monoisotopic (exact) mass is 241 g/mol. The lowest BCUT2D eigenvalue weighted by atomic mass is 9.58. The van der Waals surface area contributed by atoms with Crippen LogP contribution in [0, 0.1) is 17.3 Å². The van der Waals surface area contributed by atoms with E-state index in [2.05, 4.69) is 27.7 Å². The zero-order valence-corrected chi connectivity index (χ0v) is 12.1. The summed E-state index contributed by atoms with van der Waals surface area (Å²) in [5.74, 6) is 1.57. The average molecular weight is 241 g/mol. The second-order valence-electron chi connectivity index (χ2n) is 7.07. The third kappa shape index (κ3) is 3.69. The quantitative estimate of drug-likeness (QED) is 0.775. The van der Waals surface area contributed by atoms with E-state index in [0.29, 0.717) is 0 Å². The van der Waals surface area contributed by atoms with Crippen molar-refractivity contribution in [3.63, 3.8) is 0 Å². The molecule has 0 heterocycles. The minimum Gasteiger partial charge on any atom is -0.396 e. The third-order valence-corrected chi connectivity index (χ3v) is 4.71. The predicted molar refractivity (Wildman–Crippen MR) is 73.8 cm³/mol. The largest absolute Gasteiger partial charge is 0.396 e. The van der Waals surface area contributed by atoms with Crippen LogP contribution in [0.2, 0.25) is 0 Å². The Kier molecular flexibility index (Phi) is 5.03. The van der Waals surface area contributed by atoms with Crippen LogP contribution in [0.4, 0.5) is 0 Å². The fourth-order valence-electron chi connectivity index (χ4n) is 3.70. The fraction of sp³-hybridized carbons (Fsp3) is 1.00. The molecule has 2 nitrogen and oxygen atoms in total. The molecule has 17 heavy (non-hydrogen) atoms. The molecular weight excluding hydrogens is 210 g/mol. The van der Waals surface area contributed by atoms with Gasteiger partial charge in [-0.3, -0.25) is 0 Å². The standard InChI is InChI=1S/C15H31NO/c1-12(2)10-13-6-5-7-15(11-13,8-9-17)14(3,4)16/h12-13,17H,5-11,16H2,1-4H3. The van der Waals surface area contributed by atoms with Gasteiger partial charge in [0, 0.05) is 12.1 Å². The van der Waals surface area contributed by atoms with Gasteiger partial charge in [-0.2, -0.15) is 0 Å². The summed E-state index contributed by atoms with van der Waals surface area (Å²) >= 11 is 0. The van der Waals surface area contributed by atoms with Crippen LogP contribution >= 0.6 is 0 Å². The van der Waals surface area contributed by atoms with E-state index in [0.717, 1.165) is 18.3 Å². The first kappa shape index (κ1) is 15.0. The first-order valence-electron chi connectivity index (χ1n) is 7.20. The molecule has 3 N–H and O–H groups in total. The Bertz CT molecular complexity index is 228. The third-order valence-electron chi connectivity index (χ3n) is 4.71. The molecule has 1 fully saturated rings. The summed E-state index contributed by atoms with van der Waals surface area (Å²) in [6, 6.07) is 0. The molecule has 0 bridgehead atoms. The van der Waals surface area contributed by atoms with Crippen molar-refractivity contribution in [3.05, 3.63) is 0 Å². The summed E-state index contributed by atoms with van der Waals surface area (Å²) in [4.78, 5) is 0. The number of nitrogens with two attached hydrogens (primary N) is 1. The van der Waals surface area contributed by atoms with Gasteiger partial charge in [0.15, 0.2) is 0 Å². The molecule has 0 aromatic carbocycles. The lowest BCUT2D eigenvalue weighted by molar-refractivity contribution is 0.0261. The van der Waals surface area contributed by atoms with Crippen molar-refractivity contribution in [1.82, 2.24) is 0 Å². The average Bonchev–Trinajstić information content (AvgIpc) is 2.15. The molecule has 1 rings (SSSR count). The molecule has 102 valence electrons. The van der Waals surface area contributed by atoms with Crippen molar-refractivity contribution in [2.24, 2.45) is 23.0 Å². The van der Waals surface area contributed by atoms with Crippen LogP contribution < -0.4 is 5.73 Å². The molecule has 1 aliphatic carbocycles. The van der Waals surface area contributed by atoms with E-state index in [4.69, 9.17) is 5.73 Å². The number of aliphatic hydroxyl groups is 1. The van der Waals surface area contributed by atoms with Crippen LogP contribution in [0.1, 0.15) is 66.2 Å². The minimum atomic E-state index is -0.175. The maximum absolute atomic E-state index is 9.36. The molecule has 1 saturated carbocycles. The first-order chi connectivity index (χ1) is 7.81. The van der Waals surface area contributed by atoms with Crippen LogP contribution in [-0.2, 0) is 0 Å². The Morgan fingerprint density at radius 2 is 2.06 bits per heavy atom. The van der Waals surface area contributed by atoms with Crippen LogP contribution in [0.3, 0.4) is 0 Å². The van der Waals surface area contributed by atoms with Crippen LogP contribution in [0.5, 0.6) is 0 Å². The molecular formula is C15H31NO. The number of rotatable bonds is 5. The number of aliphatic hydroxyl groups excluding tert-OH is 1. The van der Waals surface area contributed by atoms with Gasteiger partial charge < -0.3 is 10.8 Å². The summed E-state index contributed by atoms with van der Waals surface area (Å²) in [5, 5.41) is 9.36. The molecule has 2 heteroatoms. The maximum Gasteiger partial charge on any atom is 0.0437 e. The second kappa shape index (κ2) is 5.71. The Labute approximate surface area is 107 Å². The van der Waals surface area contributed by atoms with Gasteiger partial charge >= 0.3 is 0 Å². The zero-order chi connectivity index (χ0) is 13.1. The first-order valence-corrected chi connectivity index (χ1v) is 7.20. The van der Waals surface area contributed by atoms with Gasteiger partial charge in [-0.1, -0.05) is 26.7 Å². The van der Waals surface area contributed by atoms with Gasteiger partial charge in [-0.05, 0) is 56.8 Å². The van der Waals surface area contributed by atoms with Gasteiger partial charge in [0.25, 0.3) is 0 Å². The van der Waals surface area contributed by atoms with E-state index < -0.39 is 0 Å². The molecule has 2 atom stereocenters. The highest BCUT2D eigenvalue weighted by Crippen LogP contribution is 2.49. The lowest BCUT2D eigenvalue weighted by Crippen LogP contribution is -2.53. The Morgan fingerprint density at radius 1 is 1.41 bits per heavy atom. The zero-order valence-electron chi connectivity index (χ0n) is 12.1. The molecule has 0 aliphatic heterocycles. The minimum absolute atomic E-state index is 0.152. The smallest absolute Gasteiger partial charge is 0.0437 e. The molecule has 0 saturated heterocycles. The lowest BCUT2D eigenvalue weighted by Gasteiger charge is -2.50. The summed E-state index contributed by atoms with van der Waals surface area (Å²) in [7, 11) is 0. The van der Waals surface area contributed by atoms with Gasteiger partial charge in [0.2, 0.25) is 0 Å². The highest BCUT2D eigenvalue weighted by molar-refractivity contribution is 4.99. The summed E-state index contributed by atoms with van der Waals surface area (Å²) < 4.78 is 0. The van der Waals surface area contributed by atoms with E-state index in [9.17, 15) is 5.11 Å². The van der Waals surface area contributed by atoms with Crippen molar-refractivity contribution in [2.75, 3.05) is 6.61 Å². The Hall–Kier alpha value is -0.0800. The highest BCUT2D eigenvalue weighted by atomic mass is 16.3. The van der Waals surface area contributed by atoms with Crippen molar-refractivity contribution in [3.8, 4) is 0 Å². The van der Waals surface area contributed by atoms with Gasteiger partial charge in [0.05, 0.1) is 0 Å². The second-order valence-corrected chi connectivity index (χ2v) is 7.07. The van der Waals surface area contributed by atoms with Gasteiger partial charge in [0.1, 0.15) is 0 Å². The number of hydrogen-bond acceptors (Lipinski definition) is 2. The Balaban J connectivity index is 2.77. The molecule has 2 unspecified atom stereocenters. The van der Waals surface area contributed by atoms with Crippen molar-refractivity contribution in [1.29, 1.82) is 0 Å². The topological polar surface area (TPSA) is 46.2 Å². The van der Waals surface area contributed by atoms with E-state index >= 15 is 0 Å². The highest BCUT2D eigenvalue weighted by Gasteiger charge is 2.45. The van der Waals surface area contributed by atoms with E-state index in [1.165, 1.54) is 32.1 Å². The molecule has 0 radical (unpaired) electrons. The van der Waals surface area contributed by atoms with Gasteiger partial charge in [-0.15, -0.1) is 0 Å². The Morgan fingerprint density at radius 3 is 2.53 bits per heavy atom. The normalized spacial score (nSPS) is 30.9. The van der Waals surface area contributed by atoms with Crippen LogP contribution in [-0.4, -0.2) is 17.3 Å². The van der Waals surface area contributed by atoms with E-state index in [-0.39, 0.29) is 17.6 Å². The molecule has 0 spiro atoms. The fourth-order valence-corrected chi connectivity index (χ4v) is 3.70. The van der Waals surface area contributed by atoms with Crippen molar-refractivity contribution < 1.29 is 5.11 Å². The molecule has 0 aromatic rings. The number of hydrogen-bond donors (Lipinski definition) is 2. The SMILES string of the molecule is CC(C)CC1CCCC(CCO)(C(C)(C)N)C1. The molecule has 0 aromatic heterocycles. The van der Waals surface area contributed by atoms with Gasteiger partial charge in [-0.25, -0.2) is 0 Å². The van der Waals surface area contributed by atoms with Crippen molar-refractivity contribution >= 4 is 0 Å².